The Hall–Kier alpha value is -1.66. The van der Waals surface area contributed by atoms with E-state index in [-0.39, 0.29) is 18.5 Å². The smallest absolute Gasteiger partial charge is 0.305 e. The minimum atomic E-state index is -0.664. The molecule has 1 amide bonds. The number of aliphatic hydroxyl groups is 2. The van der Waals surface area contributed by atoms with E-state index in [2.05, 4.69) is 43.5 Å². The maximum absolute atomic E-state index is 12.6. The van der Waals surface area contributed by atoms with E-state index in [1.54, 1.807) is 0 Å². The van der Waals surface area contributed by atoms with E-state index >= 15 is 0 Å². The Labute approximate surface area is 545 Å². The second-order valence-electron chi connectivity index (χ2n) is 27.7. The number of allylic oxidation sites excluding steroid dienone is 4. The first-order valence-electron chi connectivity index (χ1n) is 40.1. The highest BCUT2D eigenvalue weighted by molar-refractivity contribution is 5.76. The second kappa shape index (κ2) is 76.8. The van der Waals surface area contributed by atoms with Crippen molar-refractivity contribution in [2.75, 3.05) is 13.2 Å². The molecule has 0 aliphatic rings. The highest BCUT2D eigenvalue weighted by Crippen LogP contribution is 2.20. The van der Waals surface area contributed by atoms with Gasteiger partial charge in [0.2, 0.25) is 5.91 Å². The zero-order valence-electron chi connectivity index (χ0n) is 59.3. The fraction of sp³-hybridized carbons (Fsp3) is 0.926. The van der Waals surface area contributed by atoms with E-state index < -0.39 is 12.1 Å². The summed E-state index contributed by atoms with van der Waals surface area (Å²) in [6.45, 7) is 5.00. The standard InChI is InChI=1S/C81H157NO5/c1-3-5-7-9-11-13-15-17-19-21-23-24-35-38-41-45-49-53-57-61-65-69-73-79(84)78(77-83)82-80(85)74-70-66-62-58-54-50-46-42-39-36-33-31-29-27-25-26-28-30-32-34-37-40-44-48-52-56-60-64-68-72-76-87-81(86)75-71-67-63-59-55-51-47-43-22-20-18-16-14-12-10-8-6-4-2/h20,22,26,28,78-79,83-84H,3-19,21,23-25,27,29-77H2,1-2H3,(H,82,85)/b22-20-,28-26-. The van der Waals surface area contributed by atoms with Gasteiger partial charge in [0.05, 0.1) is 25.4 Å². The zero-order valence-corrected chi connectivity index (χ0v) is 59.3. The van der Waals surface area contributed by atoms with Gasteiger partial charge in [-0.25, -0.2) is 0 Å². The molecule has 0 aromatic heterocycles. The molecule has 516 valence electrons. The quantitative estimate of drug-likeness (QED) is 0.0320. The molecule has 0 fully saturated rings. The molecular weight excluding hydrogens is 1070 g/mol. The monoisotopic (exact) mass is 1220 g/mol. The first-order chi connectivity index (χ1) is 43.0. The number of hydrogen-bond donors (Lipinski definition) is 3. The van der Waals surface area contributed by atoms with Crippen LogP contribution in [0.15, 0.2) is 24.3 Å². The molecule has 2 atom stereocenters. The molecule has 6 nitrogen and oxygen atoms in total. The van der Waals surface area contributed by atoms with Gasteiger partial charge in [-0.05, 0) is 77.0 Å². The van der Waals surface area contributed by atoms with Crippen molar-refractivity contribution in [2.24, 2.45) is 0 Å². The number of ether oxygens (including phenoxy) is 1. The van der Waals surface area contributed by atoms with Crippen molar-refractivity contribution in [1.82, 2.24) is 5.32 Å². The highest BCUT2D eigenvalue weighted by Gasteiger charge is 2.20. The third-order valence-electron chi connectivity index (χ3n) is 19.0. The number of rotatable bonds is 76. The van der Waals surface area contributed by atoms with Gasteiger partial charge in [-0.1, -0.05) is 391 Å². The summed E-state index contributed by atoms with van der Waals surface area (Å²) in [6, 6.07) is -0.541. The molecule has 3 N–H and O–H groups in total. The number of unbranched alkanes of at least 4 members (excludes halogenated alkanes) is 61. The largest absolute Gasteiger partial charge is 0.466 e. The fourth-order valence-electron chi connectivity index (χ4n) is 12.9. The summed E-state index contributed by atoms with van der Waals surface area (Å²) in [6.07, 6.45) is 98.4. The first kappa shape index (κ1) is 85.3. The summed E-state index contributed by atoms with van der Waals surface area (Å²) in [5.74, 6) is -0.0127. The van der Waals surface area contributed by atoms with Gasteiger partial charge in [0, 0.05) is 12.8 Å². The average molecular weight is 1230 g/mol. The van der Waals surface area contributed by atoms with Crippen LogP contribution in [0.25, 0.3) is 0 Å². The van der Waals surface area contributed by atoms with Crippen molar-refractivity contribution in [1.29, 1.82) is 0 Å². The van der Waals surface area contributed by atoms with E-state index in [0.29, 0.717) is 25.9 Å². The molecule has 0 saturated heterocycles. The Kier molecular flexibility index (Phi) is 75.3. The second-order valence-corrected chi connectivity index (χ2v) is 27.7. The highest BCUT2D eigenvalue weighted by atomic mass is 16.5. The molecule has 0 aromatic carbocycles. The maximum Gasteiger partial charge on any atom is 0.305 e. The normalized spacial score (nSPS) is 12.6. The van der Waals surface area contributed by atoms with Crippen LogP contribution in [0, 0.1) is 0 Å². The lowest BCUT2D eigenvalue weighted by molar-refractivity contribution is -0.143. The summed E-state index contributed by atoms with van der Waals surface area (Å²) in [5.41, 5.74) is 0. The number of carbonyl (C=O) groups excluding carboxylic acids is 2. The minimum Gasteiger partial charge on any atom is -0.466 e. The van der Waals surface area contributed by atoms with E-state index in [1.807, 2.05) is 0 Å². The molecule has 0 radical (unpaired) electrons. The van der Waals surface area contributed by atoms with Crippen molar-refractivity contribution < 1.29 is 24.5 Å². The van der Waals surface area contributed by atoms with Gasteiger partial charge >= 0.3 is 5.97 Å². The van der Waals surface area contributed by atoms with Crippen LogP contribution in [0.3, 0.4) is 0 Å². The summed E-state index contributed by atoms with van der Waals surface area (Å²) in [5, 5.41) is 23.5. The Balaban J connectivity index is 3.36. The van der Waals surface area contributed by atoms with E-state index in [4.69, 9.17) is 4.74 Å². The third kappa shape index (κ3) is 73.3. The van der Waals surface area contributed by atoms with Crippen LogP contribution < -0.4 is 5.32 Å². The summed E-state index contributed by atoms with van der Waals surface area (Å²) >= 11 is 0. The Bertz CT molecular complexity index is 1360. The number of carbonyl (C=O) groups is 2. The number of hydrogen-bond acceptors (Lipinski definition) is 5. The molecule has 0 spiro atoms. The van der Waals surface area contributed by atoms with Crippen LogP contribution in [-0.4, -0.2) is 47.4 Å². The van der Waals surface area contributed by atoms with Gasteiger partial charge in [0.1, 0.15) is 0 Å². The molecule has 0 saturated carbocycles. The van der Waals surface area contributed by atoms with Gasteiger partial charge in [0.15, 0.2) is 0 Å². The van der Waals surface area contributed by atoms with Gasteiger partial charge in [0.25, 0.3) is 0 Å². The van der Waals surface area contributed by atoms with Gasteiger partial charge in [-0.3, -0.25) is 9.59 Å². The zero-order chi connectivity index (χ0) is 62.8. The maximum atomic E-state index is 12.6. The van der Waals surface area contributed by atoms with Crippen LogP contribution in [0.2, 0.25) is 0 Å². The topological polar surface area (TPSA) is 95.9 Å². The SMILES string of the molecule is CCCCCCCCC/C=C\CCCCCCCCCC(=O)OCCCCCCCCCCCCCC/C=C\CCCCCCCCCCCCCCCCC(=O)NC(CO)C(O)CCCCCCCCCCCCCCCCCCCCCCCC. The van der Waals surface area contributed by atoms with Gasteiger partial charge < -0.3 is 20.3 Å². The Morgan fingerprint density at radius 1 is 0.310 bits per heavy atom. The van der Waals surface area contributed by atoms with Crippen molar-refractivity contribution in [2.45, 2.75) is 469 Å². The molecule has 2 unspecified atom stereocenters. The molecule has 87 heavy (non-hydrogen) atoms. The van der Waals surface area contributed by atoms with E-state index in [0.717, 1.165) is 44.9 Å². The summed E-state index contributed by atoms with van der Waals surface area (Å²) < 4.78 is 5.51. The minimum absolute atomic E-state index is 0.0154. The number of amides is 1. The van der Waals surface area contributed by atoms with Crippen LogP contribution in [0.5, 0.6) is 0 Å². The van der Waals surface area contributed by atoms with Gasteiger partial charge in [-0.15, -0.1) is 0 Å². The molecule has 0 heterocycles. The molecule has 6 heteroatoms. The predicted octanol–water partition coefficient (Wildman–Crippen LogP) is 26.4. The van der Waals surface area contributed by atoms with Crippen molar-refractivity contribution in [3.05, 3.63) is 24.3 Å². The van der Waals surface area contributed by atoms with Crippen LogP contribution in [0.1, 0.15) is 457 Å². The number of esters is 1. The molecular formula is C81H157NO5. The average Bonchev–Trinajstić information content (AvgIpc) is 3.52. The van der Waals surface area contributed by atoms with Crippen LogP contribution in [-0.2, 0) is 14.3 Å². The predicted molar refractivity (Wildman–Crippen MR) is 384 cm³/mol. The lowest BCUT2D eigenvalue weighted by atomic mass is 10.0. The molecule has 0 aliphatic heterocycles. The number of aliphatic hydroxyl groups excluding tert-OH is 2. The van der Waals surface area contributed by atoms with Crippen molar-refractivity contribution in [3.63, 3.8) is 0 Å². The Morgan fingerprint density at radius 2 is 0.540 bits per heavy atom. The lowest BCUT2D eigenvalue weighted by Gasteiger charge is -2.22. The van der Waals surface area contributed by atoms with Crippen LogP contribution >= 0.6 is 0 Å². The van der Waals surface area contributed by atoms with Crippen molar-refractivity contribution in [3.8, 4) is 0 Å². The molecule has 0 rings (SSSR count). The van der Waals surface area contributed by atoms with E-state index in [1.165, 1.54) is 379 Å². The van der Waals surface area contributed by atoms with Crippen LogP contribution in [0.4, 0.5) is 0 Å². The van der Waals surface area contributed by atoms with Gasteiger partial charge in [-0.2, -0.15) is 0 Å². The Morgan fingerprint density at radius 3 is 0.816 bits per heavy atom. The van der Waals surface area contributed by atoms with Crippen molar-refractivity contribution >= 4 is 11.9 Å². The number of nitrogens with one attached hydrogen (secondary N) is 1. The molecule has 0 aromatic rings. The summed E-state index contributed by atoms with van der Waals surface area (Å²) in [4.78, 5) is 24.7. The molecule has 0 aliphatic carbocycles. The third-order valence-corrected chi connectivity index (χ3v) is 19.0. The first-order valence-corrected chi connectivity index (χ1v) is 40.1. The fourth-order valence-corrected chi connectivity index (χ4v) is 12.9. The summed E-state index contributed by atoms with van der Waals surface area (Å²) in [7, 11) is 0. The van der Waals surface area contributed by atoms with E-state index in [9.17, 15) is 19.8 Å². The molecule has 0 bridgehead atoms. The lowest BCUT2D eigenvalue weighted by Crippen LogP contribution is -2.45.